The molecular weight excluding hydrogens is 441 g/mol. The van der Waals surface area contributed by atoms with Gasteiger partial charge in [-0.2, -0.15) is 4.31 Å². The summed E-state index contributed by atoms with van der Waals surface area (Å²) in [6, 6.07) is 6.33. The number of rotatable bonds is 6. The molecule has 0 spiro atoms. The molecule has 1 aliphatic carbocycles. The maximum atomic E-state index is 14.7. The maximum Gasteiger partial charge on any atom is 0.251 e. The van der Waals surface area contributed by atoms with Crippen molar-refractivity contribution in [3.05, 3.63) is 64.2 Å². The highest BCUT2D eigenvalue weighted by molar-refractivity contribution is 7.89. The average molecular weight is 461 g/mol. The second-order valence-electron chi connectivity index (χ2n) is 7.14. The predicted molar refractivity (Wildman–Crippen MR) is 106 cm³/mol. The molecule has 0 aliphatic heterocycles. The van der Waals surface area contributed by atoms with Crippen molar-refractivity contribution in [1.82, 2.24) is 4.31 Å². The molecule has 0 bridgehead atoms. The highest BCUT2D eigenvalue weighted by atomic mass is 35.5. The van der Waals surface area contributed by atoms with E-state index >= 15 is 0 Å². The minimum atomic E-state index is -4.25. The quantitative estimate of drug-likeness (QED) is 0.702. The number of primary amides is 1. The summed E-state index contributed by atoms with van der Waals surface area (Å²) < 4.78 is 70.9. The Balaban J connectivity index is 2.06. The molecule has 1 saturated carbocycles. The van der Waals surface area contributed by atoms with E-state index in [-0.39, 0.29) is 23.3 Å². The lowest BCUT2D eigenvalue weighted by Crippen LogP contribution is -2.46. The first-order valence-electron chi connectivity index (χ1n) is 9.31. The van der Waals surface area contributed by atoms with Gasteiger partial charge in [-0.15, -0.1) is 0 Å². The summed E-state index contributed by atoms with van der Waals surface area (Å²) in [5.41, 5.74) is 4.04. The molecule has 0 saturated heterocycles. The third kappa shape index (κ3) is 4.48. The fourth-order valence-electron chi connectivity index (χ4n) is 3.58. The van der Waals surface area contributed by atoms with Crippen LogP contribution in [-0.2, 0) is 16.6 Å². The zero-order chi connectivity index (χ0) is 22.1. The van der Waals surface area contributed by atoms with E-state index in [1.807, 2.05) is 0 Å². The van der Waals surface area contributed by atoms with E-state index in [9.17, 15) is 26.4 Å². The van der Waals surface area contributed by atoms with Crippen LogP contribution >= 0.6 is 11.6 Å². The molecule has 3 rings (SSSR count). The number of halogens is 4. The normalized spacial score (nSPS) is 19.8. The summed E-state index contributed by atoms with van der Waals surface area (Å²) in [4.78, 5) is 11.1. The van der Waals surface area contributed by atoms with Crippen LogP contribution < -0.4 is 5.73 Å². The number of sulfonamides is 1. The zero-order valence-electron chi connectivity index (χ0n) is 15.8. The summed E-state index contributed by atoms with van der Waals surface area (Å²) in [6.45, 7) is -0.599. The van der Waals surface area contributed by atoms with Crippen molar-refractivity contribution < 1.29 is 26.4 Å². The smallest absolute Gasteiger partial charge is 0.251 e. The van der Waals surface area contributed by atoms with Gasteiger partial charge in [-0.3, -0.25) is 4.79 Å². The van der Waals surface area contributed by atoms with Gasteiger partial charge in [0.15, 0.2) is 11.6 Å². The van der Waals surface area contributed by atoms with Crippen molar-refractivity contribution in [2.24, 2.45) is 5.73 Å². The van der Waals surface area contributed by atoms with E-state index in [0.29, 0.717) is 17.9 Å². The lowest BCUT2D eigenvalue weighted by atomic mass is 9.93. The van der Waals surface area contributed by atoms with Gasteiger partial charge in [0.25, 0.3) is 5.91 Å². The Morgan fingerprint density at radius 1 is 1.07 bits per heavy atom. The molecule has 0 aromatic heterocycles. The molecule has 1 fully saturated rings. The van der Waals surface area contributed by atoms with Crippen LogP contribution in [0.15, 0.2) is 41.3 Å². The molecule has 0 radical (unpaired) electrons. The summed E-state index contributed by atoms with van der Waals surface area (Å²) >= 11 is 5.82. The minimum Gasteiger partial charge on any atom is -0.366 e. The standard InChI is InChI=1S/C20H20ClF3N2O3S/c21-13-6-8-14(9-7-13)30(28,29)26(17-4-2-1-3-16(17)22)11-12-5-10-15(20(25)27)19(24)18(12)23/h5-10,16-17H,1-4,11H2,(H2,25,27). The molecule has 2 atom stereocenters. The van der Waals surface area contributed by atoms with E-state index in [1.165, 1.54) is 24.3 Å². The first-order chi connectivity index (χ1) is 14.1. The van der Waals surface area contributed by atoms with Crippen LogP contribution in [-0.4, -0.2) is 30.8 Å². The first kappa shape index (κ1) is 22.6. The molecule has 0 heterocycles. The van der Waals surface area contributed by atoms with Crippen LogP contribution in [0.3, 0.4) is 0 Å². The summed E-state index contributed by atoms with van der Waals surface area (Å²) in [5.74, 6) is -4.02. The first-order valence-corrected chi connectivity index (χ1v) is 11.1. The van der Waals surface area contributed by atoms with Gasteiger partial charge in [0, 0.05) is 17.1 Å². The average Bonchev–Trinajstić information content (AvgIpc) is 2.70. The van der Waals surface area contributed by atoms with Gasteiger partial charge in [-0.05, 0) is 43.2 Å². The van der Waals surface area contributed by atoms with Crippen LogP contribution in [0.4, 0.5) is 13.2 Å². The highest BCUT2D eigenvalue weighted by Gasteiger charge is 2.38. The van der Waals surface area contributed by atoms with Gasteiger partial charge >= 0.3 is 0 Å². The van der Waals surface area contributed by atoms with Gasteiger partial charge in [0.05, 0.1) is 16.5 Å². The number of alkyl halides is 1. The highest BCUT2D eigenvalue weighted by Crippen LogP contribution is 2.32. The van der Waals surface area contributed by atoms with Crippen molar-refractivity contribution in [2.45, 2.75) is 49.3 Å². The number of hydrogen-bond acceptors (Lipinski definition) is 3. The molecule has 30 heavy (non-hydrogen) atoms. The summed E-state index contributed by atoms with van der Waals surface area (Å²) in [5, 5.41) is 0.316. The van der Waals surface area contributed by atoms with Crippen molar-refractivity contribution in [3.63, 3.8) is 0 Å². The minimum absolute atomic E-state index is 0.140. The SMILES string of the molecule is NC(=O)c1ccc(CN(C2CCCCC2F)S(=O)(=O)c2ccc(Cl)cc2)c(F)c1F. The Morgan fingerprint density at radius 3 is 2.30 bits per heavy atom. The van der Waals surface area contributed by atoms with Crippen molar-refractivity contribution in [2.75, 3.05) is 0 Å². The lowest BCUT2D eigenvalue weighted by Gasteiger charge is -2.35. The molecule has 10 heteroatoms. The fourth-order valence-corrected chi connectivity index (χ4v) is 5.36. The monoisotopic (exact) mass is 460 g/mol. The Bertz CT molecular complexity index is 1050. The molecule has 1 aliphatic rings. The number of amides is 1. The molecule has 2 aromatic rings. The van der Waals surface area contributed by atoms with E-state index in [0.717, 1.165) is 16.4 Å². The zero-order valence-corrected chi connectivity index (χ0v) is 17.4. The van der Waals surface area contributed by atoms with E-state index in [1.54, 1.807) is 0 Å². The van der Waals surface area contributed by atoms with Crippen molar-refractivity contribution >= 4 is 27.5 Å². The largest absolute Gasteiger partial charge is 0.366 e. The molecule has 162 valence electrons. The van der Waals surface area contributed by atoms with Crippen LogP contribution in [0.5, 0.6) is 0 Å². The van der Waals surface area contributed by atoms with Gasteiger partial charge in [-0.1, -0.05) is 30.5 Å². The molecule has 1 amide bonds. The summed E-state index contributed by atoms with van der Waals surface area (Å²) in [6.07, 6.45) is 0.197. The van der Waals surface area contributed by atoms with Gasteiger partial charge in [-0.25, -0.2) is 21.6 Å². The Hall–Kier alpha value is -2.10. The number of carbonyl (C=O) groups is 1. The number of nitrogens with two attached hydrogens (primary N) is 1. The van der Waals surface area contributed by atoms with E-state index in [4.69, 9.17) is 17.3 Å². The van der Waals surface area contributed by atoms with Crippen LogP contribution in [0.1, 0.15) is 41.6 Å². The van der Waals surface area contributed by atoms with Gasteiger partial charge in [0.1, 0.15) is 6.17 Å². The van der Waals surface area contributed by atoms with E-state index < -0.39 is 51.9 Å². The van der Waals surface area contributed by atoms with Crippen LogP contribution in [0.2, 0.25) is 5.02 Å². The second kappa shape index (κ2) is 8.95. The van der Waals surface area contributed by atoms with Gasteiger partial charge in [0.2, 0.25) is 10.0 Å². The number of nitrogens with zero attached hydrogens (tertiary/aromatic N) is 1. The number of benzene rings is 2. The van der Waals surface area contributed by atoms with Crippen molar-refractivity contribution in [1.29, 1.82) is 0 Å². The fraction of sp³-hybridized carbons (Fsp3) is 0.350. The molecule has 2 N–H and O–H groups in total. The third-order valence-electron chi connectivity index (χ3n) is 5.19. The Morgan fingerprint density at radius 2 is 1.70 bits per heavy atom. The number of hydrogen-bond donors (Lipinski definition) is 1. The van der Waals surface area contributed by atoms with Gasteiger partial charge < -0.3 is 5.73 Å². The molecule has 2 aromatic carbocycles. The molecule has 5 nitrogen and oxygen atoms in total. The second-order valence-corrected chi connectivity index (χ2v) is 9.46. The molecule has 2 unspecified atom stereocenters. The van der Waals surface area contributed by atoms with Crippen molar-refractivity contribution in [3.8, 4) is 0 Å². The third-order valence-corrected chi connectivity index (χ3v) is 7.33. The van der Waals surface area contributed by atoms with Crippen LogP contribution in [0, 0.1) is 11.6 Å². The number of carbonyl (C=O) groups excluding carboxylic acids is 1. The Labute approximate surface area is 177 Å². The molecular formula is C20H20ClF3N2O3S. The van der Waals surface area contributed by atoms with Crippen LogP contribution in [0.25, 0.3) is 0 Å². The predicted octanol–water partition coefficient (Wildman–Crippen LogP) is 4.19. The lowest BCUT2D eigenvalue weighted by molar-refractivity contribution is 0.0995. The summed E-state index contributed by atoms with van der Waals surface area (Å²) in [7, 11) is -4.25. The Kier molecular flexibility index (Phi) is 6.74. The van der Waals surface area contributed by atoms with E-state index in [2.05, 4.69) is 0 Å². The maximum absolute atomic E-state index is 14.7. The topological polar surface area (TPSA) is 80.5 Å².